The van der Waals surface area contributed by atoms with Crippen LogP contribution in [0.1, 0.15) is 147 Å². The van der Waals surface area contributed by atoms with Crippen LogP contribution in [0.15, 0.2) is 110 Å². The standard InChI is InChI=1S/C59H68F2N10O8/c1-37(63-3)55(75)69-49(59(79)71-29-9-13-51(71)43-31-45(35-65-33-43)54(74)39-20-24-47(61)25-21-39)11-5-7-27-67-57(77)41-16-14-40(15-17-41)56(76)66-26-6-4-10-48(68-52(72)36-62-2)58(78)70-28-8-12-50(70)42-30-44(34-64-32-42)53(73)38-18-22-46(60)23-19-38/h14-25,30-35,37,48-51,62-63H,4-13,26-29,36H2,1-3H3,(H,66,76)(H,67,77)(H,68,72)(H,69,75)/t37-,48-,49-,50-,51-/m0/s1. The number of hydrogen-bond donors (Lipinski definition) is 6. The average Bonchev–Trinajstić information content (AvgIpc) is 4.27. The van der Waals surface area contributed by atoms with Gasteiger partial charge in [0, 0.05) is 84.3 Å². The molecule has 0 spiro atoms. The molecule has 5 aromatic rings. The van der Waals surface area contributed by atoms with E-state index in [2.05, 4.69) is 41.9 Å². The SMILES string of the molecule is CNCC(=O)N[C@@H](CCCCNC(=O)c1ccc(C(=O)NCCCC[C@H](NC(=O)[C@H](C)NC)C(=O)N2CCC[C@H]2c2cncc(C(=O)c3ccc(F)cc3)c2)cc1)C(=O)N1CCC[C@H]1c1cncc(C(=O)c2ccc(F)cc2)c1. The van der Waals surface area contributed by atoms with Crippen molar-refractivity contribution in [2.45, 2.75) is 101 Å². The number of rotatable bonds is 26. The lowest BCUT2D eigenvalue weighted by molar-refractivity contribution is -0.138. The monoisotopic (exact) mass is 1080 g/mol. The summed E-state index contributed by atoms with van der Waals surface area (Å²) in [5.41, 5.74) is 3.29. The molecule has 0 unspecified atom stereocenters. The smallest absolute Gasteiger partial charge is 0.251 e. The number of benzene rings is 3. The van der Waals surface area contributed by atoms with Gasteiger partial charge in [-0.05, 0) is 181 Å². The fourth-order valence-electron chi connectivity index (χ4n) is 9.89. The van der Waals surface area contributed by atoms with E-state index in [0.29, 0.717) is 122 Å². The highest BCUT2D eigenvalue weighted by molar-refractivity contribution is 6.09. The number of nitrogens with one attached hydrogen (secondary N) is 6. The van der Waals surface area contributed by atoms with Crippen molar-refractivity contribution < 1.29 is 47.1 Å². The van der Waals surface area contributed by atoms with Crippen molar-refractivity contribution in [3.63, 3.8) is 0 Å². The van der Waals surface area contributed by atoms with Crippen LogP contribution in [0.5, 0.6) is 0 Å². The summed E-state index contributed by atoms with van der Waals surface area (Å²) < 4.78 is 27.1. The molecule has 0 bridgehead atoms. The van der Waals surface area contributed by atoms with Crippen molar-refractivity contribution in [2.75, 3.05) is 46.8 Å². The average molecular weight is 1080 g/mol. The highest BCUT2D eigenvalue weighted by Crippen LogP contribution is 2.35. The van der Waals surface area contributed by atoms with Crippen LogP contribution in [0.4, 0.5) is 8.78 Å². The maximum Gasteiger partial charge on any atom is 0.251 e. The van der Waals surface area contributed by atoms with Crippen molar-refractivity contribution in [2.24, 2.45) is 0 Å². The molecule has 0 saturated carbocycles. The third-order valence-electron chi connectivity index (χ3n) is 14.3. The number of amides is 6. The van der Waals surface area contributed by atoms with Crippen molar-refractivity contribution in [3.8, 4) is 0 Å². The topological polar surface area (TPSA) is 241 Å². The van der Waals surface area contributed by atoms with Crippen LogP contribution in [0, 0.1) is 11.6 Å². The Kier molecular flexibility index (Phi) is 21.1. The number of carbonyl (C=O) groups excluding carboxylic acids is 8. The second-order valence-electron chi connectivity index (χ2n) is 19.9. The van der Waals surface area contributed by atoms with E-state index in [1.54, 1.807) is 79.6 Å². The molecule has 6 amide bonds. The molecule has 3 aromatic carbocycles. The van der Waals surface area contributed by atoms with Gasteiger partial charge in [-0.2, -0.15) is 0 Å². The number of halogens is 2. The second kappa shape index (κ2) is 28.5. The van der Waals surface area contributed by atoms with Crippen molar-refractivity contribution in [1.82, 2.24) is 51.7 Å². The Morgan fingerprint density at radius 1 is 0.557 bits per heavy atom. The number of unbranched alkanes of at least 4 members (excludes halogenated alkanes) is 2. The number of pyridine rings is 2. The van der Waals surface area contributed by atoms with Gasteiger partial charge in [0.1, 0.15) is 23.7 Å². The van der Waals surface area contributed by atoms with Gasteiger partial charge in [0.05, 0.1) is 24.7 Å². The molecule has 2 aliphatic rings. The van der Waals surface area contributed by atoms with E-state index in [1.807, 2.05) is 0 Å². The van der Waals surface area contributed by atoms with E-state index in [0.717, 1.165) is 0 Å². The zero-order valence-corrected chi connectivity index (χ0v) is 44.7. The van der Waals surface area contributed by atoms with Gasteiger partial charge in [0.15, 0.2) is 11.6 Å². The minimum absolute atomic E-state index is 0.0110. The molecular formula is C59H68F2N10O8. The van der Waals surface area contributed by atoms with Crippen LogP contribution in [0.25, 0.3) is 0 Å². The summed E-state index contributed by atoms with van der Waals surface area (Å²) in [4.78, 5) is 119. The summed E-state index contributed by atoms with van der Waals surface area (Å²) in [7, 11) is 3.28. The maximum absolute atomic E-state index is 14.2. The molecule has 2 fully saturated rings. The van der Waals surface area contributed by atoms with Crippen molar-refractivity contribution >= 4 is 47.0 Å². The van der Waals surface area contributed by atoms with Gasteiger partial charge in [-0.25, -0.2) is 8.78 Å². The van der Waals surface area contributed by atoms with E-state index in [-0.39, 0.29) is 78.7 Å². The molecule has 0 radical (unpaired) electrons. The molecule has 79 heavy (non-hydrogen) atoms. The number of aromatic nitrogens is 2. The van der Waals surface area contributed by atoms with Gasteiger partial charge in [0.2, 0.25) is 23.6 Å². The zero-order chi connectivity index (χ0) is 56.4. The molecule has 2 aromatic heterocycles. The number of likely N-dealkylation sites (N-methyl/N-ethyl adjacent to an activating group) is 2. The summed E-state index contributed by atoms with van der Waals surface area (Å²) >= 11 is 0. The minimum Gasteiger partial charge on any atom is -0.352 e. The molecule has 5 atom stereocenters. The number of likely N-dealkylation sites (tertiary alicyclic amines) is 2. The van der Waals surface area contributed by atoms with Crippen molar-refractivity contribution in [3.05, 3.63) is 166 Å². The van der Waals surface area contributed by atoms with Crippen LogP contribution >= 0.6 is 0 Å². The Bertz CT molecular complexity index is 2960. The first-order valence-electron chi connectivity index (χ1n) is 26.8. The zero-order valence-electron chi connectivity index (χ0n) is 44.7. The molecule has 2 aliphatic heterocycles. The normalized spacial score (nSPS) is 16.1. The number of hydrogen-bond acceptors (Lipinski definition) is 12. The fraction of sp³-hybridized carbons (Fsp3) is 0.390. The summed E-state index contributed by atoms with van der Waals surface area (Å²) in [6.45, 7) is 3.17. The van der Waals surface area contributed by atoms with E-state index >= 15 is 0 Å². The highest BCUT2D eigenvalue weighted by atomic mass is 19.1. The largest absolute Gasteiger partial charge is 0.352 e. The van der Waals surface area contributed by atoms with Gasteiger partial charge in [-0.15, -0.1) is 0 Å². The van der Waals surface area contributed by atoms with Gasteiger partial charge >= 0.3 is 0 Å². The van der Waals surface area contributed by atoms with Gasteiger partial charge in [0.25, 0.3) is 11.8 Å². The van der Waals surface area contributed by atoms with Gasteiger partial charge < -0.3 is 41.7 Å². The van der Waals surface area contributed by atoms with Crippen molar-refractivity contribution in [1.29, 1.82) is 0 Å². The molecular weight excluding hydrogens is 1010 g/mol. The lowest BCUT2D eigenvalue weighted by Crippen LogP contribution is -2.52. The first kappa shape index (κ1) is 58.6. The number of nitrogens with zero attached hydrogens (tertiary/aromatic N) is 4. The highest BCUT2D eigenvalue weighted by Gasteiger charge is 2.37. The Morgan fingerprint density at radius 3 is 1.39 bits per heavy atom. The fourth-order valence-corrected chi connectivity index (χ4v) is 9.89. The quantitative estimate of drug-likeness (QED) is 0.0296. The lowest BCUT2D eigenvalue weighted by atomic mass is 9.99. The third-order valence-corrected chi connectivity index (χ3v) is 14.3. The van der Waals surface area contributed by atoms with E-state index in [4.69, 9.17) is 0 Å². The molecule has 18 nitrogen and oxygen atoms in total. The molecule has 6 N–H and O–H groups in total. The molecule has 416 valence electrons. The first-order chi connectivity index (χ1) is 38.1. The Morgan fingerprint density at radius 2 is 0.975 bits per heavy atom. The van der Waals surface area contributed by atoms with E-state index in [1.165, 1.54) is 60.9 Å². The number of carbonyl (C=O) groups is 8. The Balaban J connectivity index is 0.863. The molecule has 20 heteroatoms. The Hall–Kier alpha value is -8.10. The first-order valence-corrected chi connectivity index (χ1v) is 26.8. The summed E-state index contributed by atoms with van der Waals surface area (Å²) in [5.74, 6) is -3.46. The van der Waals surface area contributed by atoms with Crippen LogP contribution < -0.4 is 31.9 Å². The van der Waals surface area contributed by atoms with E-state index < -0.39 is 29.8 Å². The Labute approximate surface area is 458 Å². The molecule has 0 aliphatic carbocycles. The summed E-state index contributed by atoms with van der Waals surface area (Å²) in [6, 6.07) is 17.1. The summed E-state index contributed by atoms with van der Waals surface area (Å²) in [6.07, 6.45) is 11.4. The van der Waals surface area contributed by atoms with Crippen LogP contribution in [0.2, 0.25) is 0 Å². The van der Waals surface area contributed by atoms with Crippen LogP contribution in [-0.4, -0.2) is 132 Å². The summed E-state index contributed by atoms with van der Waals surface area (Å²) in [5, 5.41) is 17.3. The maximum atomic E-state index is 14.2. The third kappa shape index (κ3) is 15.8. The predicted octanol–water partition coefficient (Wildman–Crippen LogP) is 5.54. The lowest BCUT2D eigenvalue weighted by Gasteiger charge is -2.30. The van der Waals surface area contributed by atoms with Crippen LogP contribution in [-0.2, 0) is 19.2 Å². The minimum atomic E-state index is -0.855. The van der Waals surface area contributed by atoms with Crippen LogP contribution in [0.3, 0.4) is 0 Å². The second-order valence-corrected chi connectivity index (χ2v) is 19.9. The van der Waals surface area contributed by atoms with Gasteiger partial charge in [-0.1, -0.05) is 0 Å². The van der Waals surface area contributed by atoms with Gasteiger partial charge in [-0.3, -0.25) is 48.3 Å². The number of ketones is 2. The molecule has 2 saturated heterocycles. The predicted molar refractivity (Wildman–Crippen MR) is 291 cm³/mol. The molecule has 7 rings (SSSR count). The van der Waals surface area contributed by atoms with E-state index in [9.17, 15) is 47.1 Å². The molecule has 4 heterocycles.